The maximum atomic E-state index is 13.4. The number of ether oxygens (including phenoxy) is 1. The van der Waals surface area contributed by atoms with Crippen LogP contribution in [0.1, 0.15) is 10.4 Å². The summed E-state index contributed by atoms with van der Waals surface area (Å²) in [5.74, 6) is -0.901. The Bertz CT molecular complexity index is 579. The Morgan fingerprint density at radius 2 is 1.89 bits per heavy atom. The highest BCUT2D eigenvalue weighted by molar-refractivity contribution is 14.1. The van der Waals surface area contributed by atoms with Crippen LogP contribution in [0, 0.1) is 9.39 Å². The molecule has 0 saturated heterocycles. The molecule has 2 nitrogen and oxygen atoms in total. The third-order valence-corrected chi connectivity index (χ3v) is 3.45. The second-order valence-electron chi connectivity index (χ2n) is 3.77. The van der Waals surface area contributed by atoms with Crippen molar-refractivity contribution in [1.29, 1.82) is 0 Å². The van der Waals surface area contributed by atoms with E-state index in [9.17, 15) is 9.18 Å². The van der Waals surface area contributed by atoms with Crippen LogP contribution in [-0.4, -0.2) is 12.4 Å². The lowest BCUT2D eigenvalue weighted by Crippen LogP contribution is -2.12. The van der Waals surface area contributed by atoms with E-state index in [0.717, 1.165) is 3.57 Å². The number of ketones is 1. The normalized spacial score (nSPS) is 10.3. The first-order valence-electron chi connectivity index (χ1n) is 5.43. The van der Waals surface area contributed by atoms with Gasteiger partial charge in [-0.05, 0) is 46.9 Å². The molecule has 0 amide bonds. The zero-order valence-electron chi connectivity index (χ0n) is 9.70. The molecule has 0 atom stereocenters. The molecule has 0 aliphatic rings. The molecule has 0 bridgehead atoms. The Labute approximate surface area is 128 Å². The third kappa shape index (κ3) is 3.67. The van der Waals surface area contributed by atoms with Gasteiger partial charge in [-0.3, -0.25) is 4.79 Å². The summed E-state index contributed by atoms with van der Waals surface area (Å²) in [5.41, 5.74) is 0.521. The first kappa shape index (κ1) is 14.3. The summed E-state index contributed by atoms with van der Waals surface area (Å²) < 4.78 is 19.6. The van der Waals surface area contributed by atoms with Crippen molar-refractivity contribution in [3.8, 4) is 5.75 Å². The fourth-order valence-corrected chi connectivity index (χ4v) is 2.05. The molecule has 0 aromatic heterocycles. The molecule has 98 valence electrons. The lowest BCUT2D eigenvalue weighted by Gasteiger charge is -2.08. The van der Waals surface area contributed by atoms with Crippen molar-refractivity contribution in [2.45, 2.75) is 0 Å². The van der Waals surface area contributed by atoms with Crippen LogP contribution in [0.4, 0.5) is 4.39 Å². The van der Waals surface area contributed by atoms with Crippen LogP contribution in [0.15, 0.2) is 42.5 Å². The molecule has 19 heavy (non-hydrogen) atoms. The highest BCUT2D eigenvalue weighted by atomic mass is 127. The molecule has 0 unspecified atom stereocenters. The zero-order valence-corrected chi connectivity index (χ0v) is 12.6. The van der Waals surface area contributed by atoms with E-state index in [-0.39, 0.29) is 23.2 Å². The monoisotopic (exact) mass is 390 g/mol. The van der Waals surface area contributed by atoms with Gasteiger partial charge in [0.15, 0.2) is 24.0 Å². The standard InChI is InChI=1S/C14H9ClFIO2/c15-11-2-1-3-12(16)14(11)19-8-13(18)9-4-6-10(17)7-5-9/h1-7H,8H2. The summed E-state index contributed by atoms with van der Waals surface area (Å²) in [6.45, 7) is -0.249. The Kier molecular flexibility index (Phi) is 4.76. The van der Waals surface area contributed by atoms with Gasteiger partial charge >= 0.3 is 0 Å². The van der Waals surface area contributed by atoms with Crippen LogP contribution >= 0.6 is 34.2 Å². The van der Waals surface area contributed by atoms with Crippen molar-refractivity contribution >= 4 is 40.0 Å². The highest BCUT2D eigenvalue weighted by Gasteiger charge is 2.11. The van der Waals surface area contributed by atoms with Crippen LogP contribution in [-0.2, 0) is 0 Å². The van der Waals surface area contributed by atoms with Gasteiger partial charge in [-0.2, -0.15) is 0 Å². The predicted molar refractivity (Wildman–Crippen MR) is 80.4 cm³/mol. The Morgan fingerprint density at radius 1 is 1.21 bits per heavy atom. The van der Waals surface area contributed by atoms with E-state index < -0.39 is 5.82 Å². The van der Waals surface area contributed by atoms with Crippen molar-refractivity contribution in [2.24, 2.45) is 0 Å². The number of hydrogen-bond donors (Lipinski definition) is 0. The Balaban J connectivity index is 2.06. The van der Waals surface area contributed by atoms with Crippen molar-refractivity contribution in [1.82, 2.24) is 0 Å². The smallest absolute Gasteiger partial charge is 0.200 e. The molecule has 0 aliphatic heterocycles. The summed E-state index contributed by atoms with van der Waals surface area (Å²) in [6.07, 6.45) is 0. The maximum Gasteiger partial charge on any atom is 0.200 e. The molecule has 0 radical (unpaired) electrons. The van der Waals surface area contributed by atoms with E-state index in [4.69, 9.17) is 16.3 Å². The van der Waals surface area contributed by atoms with Crippen molar-refractivity contribution < 1.29 is 13.9 Å². The molecule has 2 rings (SSSR count). The molecule has 0 aliphatic carbocycles. The minimum absolute atomic E-state index is 0.0944. The molecule has 2 aromatic carbocycles. The molecular weight excluding hydrogens is 382 g/mol. The summed E-state index contributed by atoms with van der Waals surface area (Å²) in [6, 6.07) is 11.3. The van der Waals surface area contributed by atoms with Gasteiger partial charge < -0.3 is 4.74 Å². The highest BCUT2D eigenvalue weighted by Crippen LogP contribution is 2.27. The first-order valence-corrected chi connectivity index (χ1v) is 6.89. The van der Waals surface area contributed by atoms with Crippen molar-refractivity contribution in [3.05, 3.63) is 62.4 Å². The second-order valence-corrected chi connectivity index (χ2v) is 5.42. The maximum absolute atomic E-state index is 13.4. The topological polar surface area (TPSA) is 26.3 Å². The van der Waals surface area contributed by atoms with E-state index in [0.29, 0.717) is 5.56 Å². The molecule has 0 saturated carbocycles. The van der Waals surface area contributed by atoms with Gasteiger partial charge in [0.25, 0.3) is 0 Å². The lowest BCUT2D eigenvalue weighted by molar-refractivity contribution is 0.0919. The van der Waals surface area contributed by atoms with E-state index >= 15 is 0 Å². The van der Waals surface area contributed by atoms with Gasteiger partial charge in [0, 0.05) is 9.13 Å². The van der Waals surface area contributed by atoms with Crippen LogP contribution < -0.4 is 4.74 Å². The van der Waals surface area contributed by atoms with E-state index in [1.54, 1.807) is 12.1 Å². The van der Waals surface area contributed by atoms with Gasteiger partial charge in [0.1, 0.15) is 0 Å². The van der Waals surface area contributed by atoms with Gasteiger partial charge in [-0.25, -0.2) is 4.39 Å². The van der Waals surface area contributed by atoms with Crippen LogP contribution in [0.5, 0.6) is 5.75 Å². The van der Waals surface area contributed by atoms with Gasteiger partial charge in [-0.1, -0.05) is 29.8 Å². The van der Waals surface area contributed by atoms with Gasteiger partial charge in [0.05, 0.1) is 5.02 Å². The average molecular weight is 391 g/mol. The number of benzene rings is 2. The number of carbonyl (C=O) groups excluding carboxylic acids is 1. The minimum atomic E-state index is -0.581. The molecule has 5 heteroatoms. The summed E-state index contributed by atoms with van der Waals surface area (Å²) in [4.78, 5) is 11.9. The SMILES string of the molecule is O=C(COc1c(F)cccc1Cl)c1ccc(I)cc1. The number of rotatable bonds is 4. The number of hydrogen-bond acceptors (Lipinski definition) is 2. The number of Topliss-reactive ketones (excluding diaryl/α,β-unsaturated/α-hetero) is 1. The number of halogens is 3. The predicted octanol–water partition coefficient (Wildman–Crippen LogP) is 4.35. The fraction of sp³-hybridized carbons (Fsp3) is 0.0714. The third-order valence-electron chi connectivity index (χ3n) is 2.43. The Hall–Kier alpha value is -1.14. The van der Waals surface area contributed by atoms with Crippen LogP contribution in [0.2, 0.25) is 5.02 Å². The summed E-state index contributed by atoms with van der Waals surface area (Å²) in [5, 5.41) is 0.149. The minimum Gasteiger partial charge on any atom is -0.481 e. The van der Waals surface area contributed by atoms with Crippen LogP contribution in [0.25, 0.3) is 0 Å². The van der Waals surface area contributed by atoms with E-state index in [1.165, 1.54) is 18.2 Å². The molecule has 2 aromatic rings. The Morgan fingerprint density at radius 3 is 2.53 bits per heavy atom. The quantitative estimate of drug-likeness (QED) is 0.573. The second kappa shape index (κ2) is 6.34. The molecular formula is C14H9ClFIO2. The van der Waals surface area contributed by atoms with E-state index in [1.807, 2.05) is 12.1 Å². The number of carbonyl (C=O) groups is 1. The lowest BCUT2D eigenvalue weighted by atomic mass is 10.1. The summed E-state index contributed by atoms with van der Waals surface area (Å²) in [7, 11) is 0. The molecule has 0 heterocycles. The first-order chi connectivity index (χ1) is 9.08. The van der Waals surface area contributed by atoms with Crippen LogP contribution in [0.3, 0.4) is 0 Å². The largest absolute Gasteiger partial charge is 0.481 e. The van der Waals surface area contributed by atoms with Gasteiger partial charge in [-0.15, -0.1) is 0 Å². The summed E-state index contributed by atoms with van der Waals surface area (Å²) >= 11 is 7.95. The fourth-order valence-electron chi connectivity index (χ4n) is 1.48. The molecule has 0 spiro atoms. The van der Waals surface area contributed by atoms with Gasteiger partial charge in [0.2, 0.25) is 0 Å². The average Bonchev–Trinajstić information content (AvgIpc) is 2.38. The molecule has 0 N–H and O–H groups in total. The van der Waals surface area contributed by atoms with E-state index in [2.05, 4.69) is 22.6 Å². The number of para-hydroxylation sites is 1. The van der Waals surface area contributed by atoms with Crippen molar-refractivity contribution in [2.75, 3.05) is 6.61 Å². The molecule has 0 fully saturated rings. The van der Waals surface area contributed by atoms with Crippen molar-refractivity contribution in [3.63, 3.8) is 0 Å². The zero-order chi connectivity index (χ0) is 13.8.